The van der Waals surface area contributed by atoms with Crippen molar-refractivity contribution in [3.63, 3.8) is 0 Å². The Bertz CT molecular complexity index is 1450. The van der Waals surface area contributed by atoms with Crippen LogP contribution in [0.1, 0.15) is 77.2 Å². The van der Waals surface area contributed by atoms with Crippen molar-refractivity contribution in [2.75, 3.05) is 27.4 Å². The Hall–Kier alpha value is -2.73. The molecule has 262 valence electrons. The zero-order valence-electron chi connectivity index (χ0n) is 28.6. The van der Waals surface area contributed by atoms with Gasteiger partial charge in [0.05, 0.1) is 18.8 Å². The lowest BCUT2D eigenvalue weighted by Gasteiger charge is -2.35. The highest BCUT2D eigenvalue weighted by Gasteiger charge is 2.37. The Labute approximate surface area is 287 Å². The van der Waals surface area contributed by atoms with E-state index >= 15 is 0 Å². The second kappa shape index (κ2) is 17.1. The maximum atomic E-state index is 13.1. The van der Waals surface area contributed by atoms with Crippen LogP contribution >= 0.6 is 31.2 Å². The van der Waals surface area contributed by atoms with Crippen LogP contribution in [0.15, 0.2) is 52.8 Å². The number of halogens is 1. The van der Waals surface area contributed by atoms with Crippen LogP contribution in [0.4, 0.5) is 4.79 Å². The van der Waals surface area contributed by atoms with Gasteiger partial charge < -0.3 is 24.6 Å². The Morgan fingerprint density at radius 1 is 1.04 bits per heavy atom. The molecule has 2 aromatic rings. The molecule has 47 heavy (non-hydrogen) atoms. The molecule has 0 aromatic heterocycles. The van der Waals surface area contributed by atoms with Gasteiger partial charge in [0.15, 0.2) is 0 Å². The van der Waals surface area contributed by atoms with Crippen LogP contribution in [-0.4, -0.2) is 61.3 Å². The van der Waals surface area contributed by atoms with E-state index in [0.717, 1.165) is 5.56 Å². The molecule has 1 amide bonds. The van der Waals surface area contributed by atoms with Gasteiger partial charge in [-0.3, -0.25) is 13.6 Å². The summed E-state index contributed by atoms with van der Waals surface area (Å²) in [4.78, 5) is 27.1. The number of aromatic hydroxyl groups is 1. The fourth-order valence-electron chi connectivity index (χ4n) is 4.30. The summed E-state index contributed by atoms with van der Waals surface area (Å²) in [5, 5.41) is 14.1. The molecule has 0 heterocycles. The number of benzene rings is 2. The number of alkyl carbamates (subject to hydrolysis) is 1. The molecule has 0 aliphatic rings. The molecule has 11 nitrogen and oxygen atoms in total. The smallest absolute Gasteiger partial charge is 0.474 e. The van der Waals surface area contributed by atoms with Crippen molar-refractivity contribution in [3.8, 4) is 11.5 Å². The highest BCUT2D eigenvalue weighted by atomic mass is 35.5. The number of phosphoric ester groups is 1. The third-order valence-electron chi connectivity index (χ3n) is 6.34. The number of amides is 1. The van der Waals surface area contributed by atoms with Crippen LogP contribution in [0.5, 0.6) is 11.5 Å². The fraction of sp³-hybridized carbons (Fsp3) is 0.515. The summed E-state index contributed by atoms with van der Waals surface area (Å²) in [6, 6.07) is 8.44. The summed E-state index contributed by atoms with van der Waals surface area (Å²) in [7, 11) is -1.48. The number of hydrogen-bond donors (Lipinski definition) is 2. The maximum absolute atomic E-state index is 13.1. The summed E-state index contributed by atoms with van der Waals surface area (Å²) in [6.07, 6.45) is 1.80. The highest BCUT2D eigenvalue weighted by molar-refractivity contribution is 7.99. The molecule has 2 N–H and O–H groups in total. The van der Waals surface area contributed by atoms with E-state index in [-0.39, 0.29) is 30.8 Å². The normalized spacial score (nSPS) is 13.4. The van der Waals surface area contributed by atoms with Crippen molar-refractivity contribution >= 4 is 43.2 Å². The summed E-state index contributed by atoms with van der Waals surface area (Å²) < 4.78 is 44.8. The van der Waals surface area contributed by atoms with Crippen molar-refractivity contribution in [2.24, 2.45) is 0 Å². The molecule has 2 aromatic carbocycles. The third kappa shape index (κ3) is 13.0. The number of carbonyl (C=O) groups excluding carboxylic acids is 2. The van der Waals surface area contributed by atoms with Crippen LogP contribution in [0.25, 0.3) is 0 Å². The Morgan fingerprint density at radius 3 is 2.21 bits per heavy atom. The minimum atomic E-state index is -3.88. The first-order valence-electron chi connectivity index (χ1n) is 15.0. The molecule has 2 rings (SSSR count). The first kappa shape index (κ1) is 40.4. The molecular weight excluding hydrogens is 669 g/mol. The van der Waals surface area contributed by atoms with E-state index in [4.69, 9.17) is 39.4 Å². The lowest BCUT2D eigenvalue weighted by Crippen LogP contribution is -2.53. The number of esters is 1. The van der Waals surface area contributed by atoms with Crippen LogP contribution in [0.2, 0.25) is 5.02 Å². The number of rotatable bonds is 16. The monoisotopic (exact) mass is 715 g/mol. The third-order valence-corrected chi connectivity index (χ3v) is 9.06. The van der Waals surface area contributed by atoms with E-state index in [1.165, 1.54) is 32.0 Å². The molecule has 14 heteroatoms. The molecule has 0 saturated carbocycles. The summed E-state index contributed by atoms with van der Waals surface area (Å²) in [5.41, 5.74) is -1.90. The van der Waals surface area contributed by atoms with E-state index in [1.54, 1.807) is 59.8 Å². The lowest BCUT2D eigenvalue weighted by molar-refractivity contribution is 0.00621. The van der Waals surface area contributed by atoms with Crippen molar-refractivity contribution < 1.29 is 47.0 Å². The maximum Gasteiger partial charge on any atom is 0.474 e. The number of hydrogen-bond acceptors (Lipinski definition) is 11. The SMILES string of the molecule is C=CCC(CCc1ccc(Sc2cc(OCC)cc(O)c2C(=O)OC(C)(C)C)cc1Cl)(COP(=O)(OC)OC)NC(=O)OC(C)(C)C. The topological polar surface area (TPSA) is 139 Å². The van der Waals surface area contributed by atoms with E-state index in [2.05, 4.69) is 11.9 Å². The second-order valence-electron chi connectivity index (χ2n) is 12.6. The van der Waals surface area contributed by atoms with Gasteiger partial charge >= 0.3 is 19.9 Å². The van der Waals surface area contributed by atoms with Crippen LogP contribution in [0.3, 0.4) is 0 Å². The number of phosphoric acid groups is 1. The highest BCUT2D eigenvalue weighted by Crippen LogP contribution is 2.48. The van der Waals surface area contributed by atoms with Gasteiger partial charge in [-0.1, -0.05) is 35.5 Å². The first-order valence-corrected chi connectivity index (χ1v) is 17.6. The molecule has 1 unspecified atom stereocenters. The molecule has 0 aliphatic heterocycles. The van der Waals surface area contributed by atoms with Crippen LogP contribution in [0, 0.1) is 0 Å². The van der Waals surface area contributed by atoms with Crippen LogP contribution < -0.4 is 10.1 Å². The van der Waals surface area contributed by atoms with Crippen molar-refractivity contribution in [3.05, 3.63) is 59.1 Å². The largest absolute Gasteiger partial charge is 0.507 e. The predicted molar refractivity (Wildman–Crippen MR) is 183 cm³/mol. The standard InChI is InChI=1S/C33H47ClNO10PS/c1-11-16-33(21-43-46(39,40-9)41-10,35-30(38)45-32(6,7)8)17-15-22-13-14-24(20-25(22)34)47-27-19-23(42-12-2)18-26(36)28(27)29(37)44-31(3,4)5/h11,13-14,18-20,36H,1,12,15-17,21H2,2-10H3,(H,35,38). The molecule has 0 bridgehead atoms. The summed E-state index contributed by atoms with van der Waals surface area (Å²) in [6.45, 7) is 16.2. The number of ether oxygens (including phenoxy) is 3. The predicted octanol–water partition coefficient (Wildman–Crippen LogP) is 8.74. The van der Waals surface area contributed by atoms with Gasteiger partial charge in [-0.2, -0.15) is 0 Å². The zero-order chi connectivity index (χ0) is 35.6. The molecule has 0 aliphatic carbocycles. The lowest BCUT2D eigenvalue weighted by atomic mass is 9.88. The molecular formula is C33H47ClNO10PS. The van der Waals surface area contributed by atoms with E-state index < -0.39 is 36.6 Å². The second-order valence-corrected chi connectivity index (χ2v) is 16.0. The zero-order valence-corrected chi connectivity index (χ0v) is 31.0. The van der Waals surface area contributed by atoms with E-state index in [0.29, 0.717) is 33.6 Å². The van der Waals surface area contributed by atoms with Gasteiger partial charge in [0.25, 0.3) is 0 Å². The van der Waals surface area contributed by atoms with Crippen molar-refractivity contribution in [1.29, 1.82) is 0 Å². The van der Waals surface area contributed by atoms with Gasteiger partial charge in [0.1, 0.15) is 28.3 Å². The summed E-state index contributed by atoms with van der Waals surface area (Å²) in [5.74, 6) is -0.541. The van der Waals surface area contributed by atoms with Gasteiger partial charge in [0, 0.05) is 35.1 Å². The Kier molecular flexibility index (Phi) is 14.7. The fourth-order valence-corrected chi connectivity index (χ4v) is 6.43. The van der Waals surface area contributed by atoms with Crippen molar-refractivity contribution in [1.82, 2.24) is 5.32 Å². The Balaban J connectivity index is 2.42. The Morgan fingerprint density at radius 2 is 1.68 bits per heavy atom. The number of phenols is 1. The molecule has 0 saturated heterocycles. The van der Waals surface area contributed by atoms with E-state index in [9.17, 15) is 19.3 Å². The molecule has 0 spiro atoms. The molecule has 1 atom stereocenters. The van der Waals surface area contributed by atoms with Gasteiger partial charge in [-0.05, 0) is 91.5 Å². The van der Waals surface area contributed by atoms with Gasteiger partial charge in [0.2, 0.25) is 0 Å². The summed E-state index contributed by atoms with van der Waals surface area (Å²) >= 11 is 7.98. The number of nitrogens with one attached hydrogen (secondary N) is 1. The average molecular weight is 716 g/mol. The minimum Gasteiger partial charge on any atom is -0.507 e. The number of aryl methyl sites for hydroxylation is 1. The molecule has 0 fully saturated rings. The average Bonchev–Trinajstić information content (AvgIpc) is 2.93. The van der Waals surface area contributed by atoms with Crippen molar-refractivity contribution in [2.45, 2.75) is 94.3 Å². The first-order chi connectivity index (χ1) is 21.8. The number of phenolic OH excluding ortho intramolecular Hbond substituents is 1. The van der Waals surface area contributed by atoms with Gasteiger partial charge in [-0.15, -0.1) is 6.58 Å². The molecule has 0 radical (unpaired) electrons. The van der Waals surface area contributed by atoms with Crippen LogP contribution in [-0.2, 0) is 34.0 Å². The van der Waals surface area contributed by atoms with E-state index in [1.807, 2.05) is 19.1 Å². The van der Waals surface area contributed by atoms with Gasteiger partial charge in [-0.25, -0.2) is 14.2 Å². The quantitative estimate of drug-likeness (QED) is 0.0980. The number of carbonyl (C=O) groups is 2. The minimum absolute atomic E-state index is 0.0143.